The van der Waals surface area contributed by atoms with Crippen LogP contribution in [0.2, 0.25) is 5.02 Å². The number of rotatable bonds is 10. The average Bonchev–Trinajstić information content (AvgIpc) is 3.75. The Labute approximate surface area is 278 Å². The molecular weight excluding hydrogens is 650 g/mol. The van der Waals surface area contributed by atoms with Crippen molar-refractivity contribution in [2.75, 3.05) is 37.6 Å². The second-order valence-electron chi connectivity index (χ2n) is 11.7. The lowest BCUT2D eigenvalue weighted by atomic mass is 10.0. The van der Waals surface area contributed by atoms with Crippen LogP contribution < -0.4 is 15.0 Å². The largest absolute Gasteiger partial charge is 0.461 e. The Bertz CT molecular complexity index is 1690. The number of pyridine rings is 1. The summed E-state index contributed by atoms with van der Waals surface area (Å²) in [7, 11) is -2.99. The number of hydrogen-bond acceptors (Lipinski definition) is 11. The molecule has 2 aliphatic heterocycles. The number of nitrogens with one attached hydrogen (secondary N) is 1. The molecule has 16 heteroatoms. The molecule has 1 N–H and O–H groups in total. The average molecular weight is 688 g/mol. The number of benzene rings is 1. The number of halogens is 1. The van der Waals surface area contributed by atoms with Crippen LogP contribution in [0, 0.1) is 0 Å². The Morgan fingerprint density at radius 3 is 2.47 bits per heavy atom. The molecule has 4 heterocycles. The van der Waals surface area contributed by atoms with Crippen LogP contribution in [0.1, 0.15) is 32.3 Å². The maximum absolute atomic E-state index is 14.0. The van der Waals surface area contributed by atoms with Crippen LogP contribution in [0.25, 0.3) is 0 Å². The van der Waals surface area contributed by atoms with E-state index in [1.54, 1.807) is 38.1 Å². The zero-order chi connectivity index (χ0) is 33.7. The number of carbonyl (C=O) groups is 3. The first kappa shape index (κ1) is 34.1. The summed E-state index contributed by atoms with van der Waals surface area (Å²) < 4.78 is 41.0. The van der Waals surface area contributed by atoms with E-state index >= 15 is 0 Å². The second-order valence-corrected chi connectivity index (χ2v) is 13.8. The summed E-state index contributed by atoms with van der Waals surface area (Å²) in [6.45, 7) is 5.81. The molecule has 2 saturated heterocycles. The molecule has 2 aliphatic rings. The molecule has 0 aliphatic carbocycles. The smallest absolute Gasteiger partial charge is 0.415 e. The van der Waals surface area contributed by atoms with Crippen LogP contribution in [-0.2, 0) is 37.8 Å². The van der Waals surface area contributed by atoms with Crippen molar-refractivity contribution in [1.29, 1.82) is 0 Å². The van der Waals surface area contributed by atoms with Crippen molar-refractivity contribution in [2.24, 2.45) is 7.05 Å². The number of esters is 1. The molecule has 2 amide bonds. The molecule has 0 unspecified atom stereocenters. The normalized spacial score (nSPS) is 17.4. The molecule has 0 saturated carbocycles. The SMILES string of the molecule is CC(C)OC(=O)[C@H](Cc1ccc(OC(=O)N2CCN(c3ccccn3)CC2)c(Cl)c1)N(C(=O)[C@@H]1CCCN1)S(=O)(=O)c1cn(C)cn1. The fourth-order valence-electron chi connectivity index (χ4n) is 5.48. The number of hydrogen-bond donors (Lipinski definition) is 1. The van der Waals surface area contributed by atoms with Gasteiger partial charge < -0.3 is 29.2 Å². The number of ether oxygens (including phenoxy) is 2. The van der Waals surface area contributed by atoms with Gasteiger partial charge in [0.25, 0.3) is 15.9 Å². The van der Waals surface area contributed by atoms with Gasteiger partial charge in [0.2, 0.25) is 0 Å². The van der Waals surface area contributed by atoms with Gasteiger partial charge in [0, 0.05) is 52.0 Å². The highest BCUT2D eigenvalue weighted by Crippen LogP contribution is 2.29. The summed E-state index contributed by atoms with van der Waals surface area (Å²) in [6.07, 6.45) is 3.96. The molecular formula is C31H38ClN7O7S. The monoisotopic (exact) mass is 687 g/mol. The zero-order valence-corrected chi connectivity index (χ0v) is 28.0. The van der Waals surface area contributed by atoms with Crippen LogP contribution in [0.4, 0.5) is 10.6 Å². The molecule has 0 bridgehead atoms. The Morgan fingerprint density at radius 2 is 1.87 bits per heavy atom. The van der Waals surface area contributed by atoms with Crippen molar-refractivity contribution < 1.29 is 32.3 Å². The van der Waals surface area contributed by atoms with Crippen molar-refractivity contribution in [3.05, 3.63) is 65.7 Å². The minimum absolute atomic E-state index is 0.0712. The molecule has 2 fully saturated rings. The molecule has 3 aromatic rings. The summed E-state index contributed by atoms with van der Waals surface area (Å²) in [5, 5.41) is 2.72. The molecule has 0 spiro atoms. The van der Waals surface area contributed by atoms with Gasteiger partial charge in [0.15, 0.2) is 10.8 Å². The van der Waals surface area contributed by atoms with E-state index in [2.05, 4.69) is 20.2 Å². The van der Waals surface area contributed by atoms with E-state index in [-0.39, 0.29) is 22.2 Å². The fraction of sp³-hybridized carbons (Fsp3) is 0.452. The Morgan fingerprint density at radius 1 is 1.11 bits per heavy atom. The fourth-order valence-corrected chi connectivity index (χ4v) is 7.26. The minimum atomic E-state index is -4.59. The minimum Gasteiger partial charge on any atom is -0.461 e. The number of aryl methyl sites for hydroxylation is 1. The Hall–Kier alpha value is -4.21. The van der Waals surface area contributed by atoms with Crippen molar-refractivity contribution in [3.63, 3.8) is 0 Å². The summed E-state index contributed by atoms with van der Waals surface area (Å²) in [6, 6.07) is 7.80. The van der Waals surface area contributed by atoms with Crippen molar-refractivity contribution in [2.45, 2.75) is 56.3 Å². The third-order valence-electron chi connectivity index (χ3n) is 7.82. The first-order chi connectivity index (χ1) is 22.4. The lowest BCUT2D eigenvalue weighted by Crippen LogP contribution is -2.55. The van der Waals surface area contributed by atoms with Crippen LogP contribution in [0.5, 0.6) is 5.75 Å². The van der Waals surface area contributed by atoms with Gasteiger partial charge in [-0.05, 0) is 63.1 Å². The van der Waals surface area contributed by atoms with Gasteiger partial charge in [-0.15, -0.1) is 0 Å². The second kappa shape index (κ2) is 14.7. The predicted octanol–water partition coefficient (Wildman–Crippen LogP) is 2.62. The lowest BCUT2D eigenvalue weighted by Gasteiger charge is -2.34. The molecule has 14 nitrogen and oxygen atoms in total. The van der Waals surface area contributed by atoms with E-state index in [1.165, 1.54) is 29.2 Å². The van der Waals surface area contributed by atoms with Crippen LogP contribution >= 0.6 is 11.6 Å². The van der Waals surface area contributed by atoms with Gasteiger partial charge in [-0.25, -0.2) is 23.9 Å². The van der Waals surface area contributed by atoms with E-state index in [1.807, 2.05) is 18.2 Å². The highest BCUT2D eigenvalue weighted by molar-refractivity contribution is 7.89. The van der Waals surface area contributed by atoms with Gasteiger partial charge in [-0.2, -0.15) is 8.42 Å². The first-order valence-corrected chi connectivity index (χ1v) is 17.2. The molecule has 2 aromatic heterocycles. The number of piperazine rings is 1. The molecule has 5 rings (SSSR count). The lowest BCUT2D eigenvalue weighted by molar-refractivity contribution is -0.155. The highest BCUT2D eigenvalue weighted by Gasteiger charge is 2.45. The first-order valence-electron chi connectivity index (χ1n) is 15.4. The quantitative estimate of drug-likeness (QED) is 0.313. The Balaban J connectivity index is 1.36. The van der Waals surface area contributed by atoms with Gasteiger partial charge in [-0.3, -0.25) is 4.79 Å². The number of nitrogens with zero attached hydrogens (tertiary/aromatic N) is 6. The predicted molar refractivity (Wildman–Crippen MR) is 172 cm³/mol. The number of carbonyl (C=O) groups excluding carboxylic acids is 3. The topological polar surface area (TPSA) is 156 Å². The standard InChI is InChI=1S/C31H38ClN7O7S/c1-21(2)45-30(41)25(39(29(40)24-7-6-12-33-24)47(43,44)28-19-36(3)20-35-28)18-22-9-10-26(23(32)17-22)46-31(42)38-15-13-37(14-16-38)27-8-4-5-11-34-27/h4-5,8-11,17,19-21,24-25,33H,6-7,12-16,18H2,1-3H3/t24-,25-/m0/s1. The highest BCUT2D eigenvalue weighted by atomic mass is 35.5. The maximum Gasteiger partial charge on any atom is 0.415 e. The van der Waals surface area contributed by atoms with Gasteiger partial charge in [0.1, 0.15) is 11.9 Å². The zero-order valence-electron chi connectivity index (χ0n) is 26.4. The van der Waals surface area contributed by atoms with Crippen molar-refractivity contribution in [1.82, 2.24) is 29.1 Å². The third-order valence-corrected chi connectivity index (χ3v) is 9.81. The molecule has 47 heavy (non-hydrogen) atoms. The van der Waals surface area contributed by atoms with E-state index in [4.69, 9.17) is 21.1 Å². The number of imidazole rings is 1. The number of sulfonamides is 1. The van der Waals surface area contributed by atoms with Crippen molar-refractivity contribution in [3.8, 4) is 5.75 Å². The van der Waals surface area contributed by atoms with E-state index < -0.39 is 46.2 Å². The van der Waals surface area contributed by atoms with E-state index in [0.29, 0.717) is 55.4 Å². The summed E-state index contributed by atoms with van der Waals surface area (Å²) in [5.41, 5.74) is 0.415. The van der Waals surface area contributed by atoms with Gasteiger partial charge in [-0.1, -0.05) is 23.7 Å². The summed E-state index contributed by atoms with van der Waals surface area (Å²) >= 11 is 6.55. The summed E-state index contributed by atoms with van der Waals surface area (Å²) in [5.74, 6) is -0.749. The van der Waals surface area contributed by atoms with Gasteiger partial charge in [0.05, 0.1) is 23.5 Å². The molecule has 0 radical (unpaired) electrons. The Kier molecular flexibility index (Phi) is 10.7. The number of anilines is 1. The number of aromatic nitrogens is 3. The van der Waals surface area contributed by atoms with Crippen LogP contribution in [-0.4, -0.2) is 101 Å². The van der Waals surface area contributed by atoms with E-state index in [0.717, 1.165) is 5.82 Å². The van der Waals surface area contributed by atoms with Crippen LogP contribution in [0.15, 0.2) is 60.1 Å². The molecule has 252 valence electrons. The van der Waals surface area contributed by atoms with Gasteiger partial charge >= 0.3 is 12.1 Å². The van der Waals surface area contributed by atoms with E-state index in [9.17, 15) is 22.8 Å². The van der Waals surface area contributed by atoms with Crippen LogP contribution in [0.3, 0.4) is 0 Å². The number of amides is 2. The third kappa shape index (κ3) is 8.03. The molecule has 1 aromatic carbocycles. The maximum atomic E-state index is 14.0. The summed E-state index contributed by atoms with van der Waals surface area (Å²) in [4.78, 5) is 52.3. The van der Waals surface area contributed by atoms with Crippen molar-refractivity contribution >= 4 is 45.4 Å². The molecule has 2 atom stereocenters.